The normalized spacial score (nSPS) is 19.6. The molecule has 1 aliphatic rings. The van der Waals surface area contributed by atoms with Gasteiger partial charge in [0.15, 0.2) is 6.29 Å². The van der Waals surface area contributed by atoms with E-state index in [2.05, 4.69) is 165 Å². The van der Waals surface area contributed by atoms with Crippen LogP contribution < -0.4 is 5.32 Å². The number of hydrogen-bond donors (Lipinski definition) is 6. The number of ether oxygens (including phenoxy) is 2. The lowest BCUT2D eigenvalue weighted by Gasteiger charge is -2.40. The summed E-state index contributed by atoms with van der Waals surface area (Å²) < 4.78 is 11.3. The summed E-state index contributed by atoms with van der Waals surface area (Å²) in [6, 6.07) is -0.743. The molecule has 1 rings (SSSR count). The van der Waals surface area contributed by atoms with Crippen LogP contribution in [0.1, 0.15) is 232 Å². The van der Waals surface area contributed by atoms with Crippen LogP contribution in [0.25, 0.3) is 0 Å². The maximum absolute atomic E-state index is 13.1. The van der Waals surface area contributed by atoms with E-state index < -0.39 is 49.5 Å². The van der Waals surface area contributed by atoms with Crippen LogP contribution in [-0.4, -0.2) is 87.5 Å². The van der Waals surface area contributed by atoms with Gasteiger partial charge in [-0.1, -0.05) is 269 Å². The predicted octanol–water partition coefficient (Wildman–Crippen LogP) is 16.6. The van der Waals surface area contributed by atoms with Crippen molar-refractivity contribution in [2.24, 2.45) is 0 Å². The highest BCUT2D eigenvalue weighted by Crippen LogP contribution is 2.23. The molecular formula is C70H115NO8. The Morgan fingerprint density at radius 2 is 0.785 bits per heavy atom. The number of nitrogens with one attached hydrogen (secondary N) is 1. The van der Waals surface area contributed by atoms with Crippen LogP contribution in [0.15, 0.2) is 146 Å². The minimum absolute atomic E-state index is 0.157. The Hall–Kier alpha value is -3.93. The number of aliphatic hydroxyl groups is 5. The van der Waals surface area contributed by atoms with E-state index in [1.165, 1.54) is 77.0 Å². The molecule has 0 radical (unpaired) electrons. The Labute approximate surface area is 483 Å². The van der Waals surface area contributed by atoms with Crippen molar-refractivity contribution in [3.8, 4) is 0 Å². The fourth-order valence-electron chi connectivity index (χ4n) is 9.02. The minimum atomic E-state index is -1.57. The summed E-state index contributed by atoms with van der Waals surface area (Å²) in [5, 5.41) is 54.7. The molecule has 0 aliphatic carbocycles. The Kier molecular flexibility index (Phi) is 53.0. The maximum atomic E-state index is 13.1. The predicted molar refractivity (Wildman–Crippen MR) is 336 cm³/mol. The van der Waals surface area contributed by atoms with Crippen molar-refractivity contribution < 1.29 is 39.8 Å². The fraction of sp³-hybridized carbons (Fsp3) is 0.643. The molecule has 1 heterocycles. The molecule has 1 amide bonds. The zero-order chi connectivity index (χ0) is 57.2. The van der Waals surface area contributed by atoms with Crippen LogP contribution in [0.2, 0.25) is 0 Å². The van der Waals surface area contributed by atoms with Crippen LogP contribution in [-0.2, 0) is 14.3 Å². The summed E-state index contributed by atoms with van der Waals surface area (Å²) in [5.41, 5.74) is 0. The lowest BCUT2D eigenvalue weighted by atomic mass is 9.99. The number of allylic oxidation sites excluding steroid dienone is 24. The fourth-order valence-corrected chi connectivity index (χ4v) is 9.02. The van der Waals surface area contributed by atoms with Gasteiger partial charge in [0.2, 0.25) is 5.91 Å². The van der Waals surface area contributed by atoms with Crippen molar-refractivity contribution in [1.29, 1.82) is 0 Å². The zero-order valence-corrected chi connectivity index (χ0v) is 49.8. The van der Waals surface area contributed by atoms with Gasteiger partial charge in [-0.05, 0) is 103 Å². The highest BCUT2D eigenvalue weighted by atomic mass is 16.7. The number of rotatable bonds is 52. The van der Waals surface area contributed by atoms with Gasteiger partial charge in [0.1, 0.15) is 24.4 Å². The summed E-state index contributed by atoms with van der Waals surface area (Å²) in [6.45, 7) is 3.70. The van der Waals surface area contributed by atoms with E-state index in [-0.39, 0.29) is 12.5 Å². The van der Waals surface area contributed by atoms with E-state index in [1.54, 1.807) is 0 Å². The van der Waals surface area contributed by atoms with Crippen LogP contribution in [0, 0.1) is 0 Å². The Bertz CT molecular complexity index is 1750. The number of aliphatic hydroxyl groups excluding tert-OH is 5. The van der Waals surface area contributed by atoms with Gasteiger partial charge in [0.05, 0.1) is 25.4 Å². The second kappa shape index (κ2) is 57.3. The van der Waals surface area contributed by atoms with Crippen molar-refractivity contribution in [3.63, 3.8) is 0 Å². The summed E-state index contributed by atoms with van der Waals surface area (Å²) in [6.07, 6.45) is 81.7. The van der Waals surface area contributed by atoms with Crippen LogP contribution in [0.5, 0.6) is 0 Å². The van der Waals surface area contributed by atoms with E-state index in [0.717, 1.165) is 128 Å². The Morgan fingerprint density at radius 3 is 1.16 bits per heavy atom. The molecule has 0 bridgehead atoms. The van der Waals surface area contributed by atoms with E-state index >= 15 is 0 Å². The second-order valence-electron chi connectivity index (χ2n) is 21.1. The first-order valence-electron chi connectivity index (χ1n) is 31.5. The van der Waals surface area contributed by atoms with Gasteiger partial charge in [0.25, 0.3) is 0 Å². The number of carbonyl (C=O) groups is 1. The molecule has 9 heteroatoms. The van der Waals surface area contributed by atoms with Crippen molar-refractivity contribution >= 4 is 5.91 Å². The van der Waals surface area contributed by atoms with Gasteiger partial charge < -0.3 is 40.3 Å². The van der Waals surface area contributed by atoms with E-state index in [0.29, 0.717) is 12.8 Å². The molecule has 0 aromatic heterocycles. The van der Waals surface area contributed by atoms with Crippen LogP contribution in [0.4, 0.5) is 0 Å². The molecule has 7 atom stereocenters. The van der Waals surface area contributed by atoms with E-state index in [4.69, 9.17) is 9.47 Å². The first kappa shape index (κ1) is 73.1. The first-order chi connectivity index (χ1) is 38.8. The van der Waals surface area contributed by atoms with Gasteiger partial charge in [0, 0.05) is 6.42 Å². The summed E-state index contributed by atoms with van der Waals surface area (Å²) in [4.78, 5) is 13.1. The second-order valence-corrected chi connectivity index (χ2v) is 21.1. The third-order valence-corrected chi connectivity index (χ3v) is 14.0. The quantitative estimate of drug-likeness (QED) is 0.0261. The number of carbonyl (C=O) groups excluding carboxylic acids is 1. The molecule has 0 spiro atoms. The Morgan fingerprint density at radius 1 is 0.443 bits per heavy atom. The lowest BCUT2D eigenvalue weighted by Crippen LogP contribution is -2.60. The van der Waals surface area contributed by atoms with Gasteiger partial charge in [-0.25, -0.2) is 0 Å². The van der Waals surface area contributed by atoms with Gasteiger partial charge >= 0.3 is 0 Å². The summed E-state index contributed by atoms with van der Waals surface area (Å²) >= 11 is 0. The lowest BCUT2D eigenvalue weighted by molar-refractivity contribution is -0.302. The van der Waals surface area contributed by atoms with Crippen molar-refractivity contribution in [1.82, 2.24) is 5.32 Å². The average molecular weight is 1100 g/mol. The molecule has 0 saturated carbocycles. The first-order valence-corrected chi connectivity index (χ1v) is 31.5. The molecule has 448 valence electrons. The molecule has 0 aromatic rings. The molecule has 1 saturated heterocycles. The molecule has 79 heavy (non-hydrogen) atoms. The van der Waals surface area contributed by atoms with Crippen LogP contribution in [0.3, 0.4) is 0 Å². The minimum Gasteiger partial charge on any atom is -0.394 e. The third-order valence-electron chi connectivity index (χ3n) is 14.0. The largest absolute Gasteiger partial charge is 0.394 e. The highest BCUT2D eigenvalue weighted by Gasteiger charge is 2.44. The van der Waals surface area contributed by atoms with Crippen molar-refractivity contribution in [3.05, 3.63) is 146 Å². The smallest absolute Gasteiger partial charge is 0.220 e. The Balaban J connectivity index is 2.18. The maximum Gasteiger partial charge on any atom is 0.220 e. The average Bonchev–Trinajstić information content (AvgIpc) is 3.46. The zero-order valence-electron chi connectivity index (χ0n) is 49.8. The highest BCUT2D eigenvalue weighted by molar-refractivity contribution is 5.76. The molecule has 9 nitrogen and oxygen atoms in total. The molecule has 1 fully saturated rings. The molecule has 6 N–H and O–H groups in total. The van der Waals surface area contributed by atoms with Gasteiger partial charge in [-0.2, -0.15) is 0 Å². The number of hydrogen-bond acceptors (Lipinski definition) is 8. The van der Waals surface area contributed by atoms with Crippen LogP contribution >= 0.6 is 0 Å². The monoisotopic (exact) mass is 1100 g/mol. The topological polar surface area (TPSA) is 149 Å². The molecule has 7 unspecified atom stereocenters. The summed E-state index contributed by atoms with van der Waals surface area (Å²) in [7, 11) is 0. The van der Waals surface area contributed by atoms with E-state index in [1.807, 2.05) is 0 Å². The number of amides is 1. The standard InChI is InChI=1S/C70H115NO8/c1-3-5-7-9-11-13-15-17-19-20-21-22-23-24-25-26-27-28-29-30-31-32-33-34-35-36-37-38-39-40-41-42-43-44-46-48-50-52-54-56-58-60-66(74)71-63(62-78-70-69(77)68(76)67(75)65(61-72)79-70)64(73)59-57-55-53-51-49-47-45-18-16-14-12-10-8-6-4-2/h5,7,11,13,17,19,21-22,24-25,27-28,30-31,33-34,36-37,39-40,42-43,46,48,63-65,67-70,72-73,75-77H,3-4,6,8-10,12,14-16,18,20,23,26,29,32,35,38,41,44-45,47,49-62H2,1-2H3,(H,71,74)/b7-5-,13-11-,19-17-,22-21-,25-24-,28-27-,31-30-,34-33-,37-36-,40-39-,43-42-,48-46-. The van der Waals surface area contributed by atoms with Crippen molar-refractivity contribution in [2.75, 3.05) is 13.2 Å². The summed E-state index contributed by atoms with van der Waals surface area (Å²) in [5.74, 6) is -0.174. The van der Waals surface area contributed by atoms with E-state index in [9.17, 15) is 30.3 Å². The SMILES string of the molecule is CC/C=C\C/C=C\C/C=C\C/C=C\C/C=C\C/C=C\C/C=C\C/C=C\C/C=C\C/C=C\C/C=C\C/C=C\CCCCCCC(=O)NC(COC1OC(CO)C(O)C(O)C1O)C(O)CCCCCCCCCCCCCCCCC. The van der Waals surface area contributed by atoms with Gasteiger partial charge in [-0.15, -0.1) is 0 Å². The molecule has 1 aliphatic heterocycles. The van der Waals surface area contributed by atoms with Gasteiger partial charge in [-0.3, -0.25) is 4.79 Å². The molecular weight excluding hydrogens is 983 g/mol. The van der Waals surface area contributed by atoms with Crippen molar-refractivity contribution in [2.45, 2.75) is 275 Å². The molecule has 0 aromatic carbocycles. The number of unbranched alkanes of at least 4 members (excludes halogenated alkanes) is 18. The third kappa shape index (κ3) is 46.4.